The zero-order valence-corrected chi connectivity index (χ0v) is 17.0. The Balaban J connectivity index is 1.54. The van der Waals surface area contributed by atoms with Gasteiger partial charge in [-0.1, -0.05) is 34.1 Å². The molecule has 2 aromatic carbocycles. The fourth-order valence-corrected chi connectivity index (χ4v) is 3.43. The number of esters is 1. The fraction of sp³-hybridized carbons (Fsp3) is 0.0952. The first-order chi connectivity index (χ1) is 14.0. The van der Waals surface area contributed by atoms with Gasteiger partial charge in [-0.25, -0.2) is 5.43 Å². The maximum atomic E-state index is 12.3. The molecule has 0 saturated heterocycles. The lowest BCUT2D eigenvalue weighted by molar-refractivity contribution is -0.141. The van der Waals surface area contributed by atoms with Gasteiger partial charge in [-0.3, -0.25) is 9.59 Å². The summed E-state index contributed by atoms with van der Waals surface area (Å²) in [5.41, 5.74) is 4.72. The minimum Gasteiger partial charge on any atom is -0.468 e. The summed E-state index contributed by atoms with van der Waals surface area (Å²) in [4.78, 5) is 24.0. The predicted molar refractivity (Wildman–Crippen MR) is 113 cm³/mol. The van der Waals surface area contributed by atoms with Crippen LogP contribution in [0.3, 0.4) is 0 Å². The van der Waals surface area contributed by atoms with Crippen molar-refractivity contribution >= 4 is 55.9 Å². The van der Waals surface area contributed by atoms with Crippen molar-refractivity contribution in [3.63, 3.8) is 0 Å². The Morgan fingerprint density at radius 2 is 2.07 bits per heavy atom. The largest absolute Gasteiger partial charge is 0.468 e. The van der Waals surface area contributed by atoms with E-state index in [2.05, 4.69) is 26.5 Å². The lowest BCUT2D eigenvalue weighted by Crippen LogP contribution is -2.16. The number of benzene rings is 2. The van der Waals surface area contributed by atoms with Crippen LogP contribution in [-0.4, -0.2) is 29.8 Å². The predicted octanol–water partition coefficient (Wildman–Crippen LogP) is 4.09. The van der Waals surface area contributed by atoms with Gasteiger partial charge >= 0.3 is 11.9 Å². The van der Waals surface area contributed by atoms with Crippen LogP contribution < -0.4 is 5.43 Å². The summed E-state index contributed by atoms with van der Waals surface area (Å²) in [6, 6.07) is 14.8. The molecule has 4 rings (SSSR count). The molecule has 0 radical (unpaired) electrons. The van der Waals surface area contributed by atoms with E-state index < -0.39 is 5.91 Å². The number of ether oxygens (including phenoxy) is 1. The third-order valence-corrected chi connectivity index (χ3v) is 4.91. The molecule has 0 bridgehead atoms. The smallest absolute Gasteiger partial charge is 0.325 e. The third kappa shape index (κ3) is 3.93. The van der Waals surface area contributed by atoms with Crippen LogP contribution in [0.2, 0.25) is 0 Å². The van der Waals surface area contributed by atoms with Gasteiger partial charge in [0.15, 0.2) is 5.76 Å². The van der Waals surface area contributed by atoms with E-state index in [0.29, 0.717) is 5.58 Å². The van der Waals surface area contributed by atoms with Crippen molar-refractivity contribution in [2.45, 2.75) is 6.54 Å². The molecule has 29 heavy (non-hydrogen) atoms. The maximum Gasteiger partial charge on any atom is 0.325 e. The zero-order valence-electron chi connectivity index (χ0n) is 15.4. The van der Waals surface area contributed by atoms with Crippen molar-refractivity contribution in [3.05, 3.63) is 70.5 Å². The summed E-state index contributed by atoms with van der Waals surface area (Å²) in [5.74, 6) is -0.630. The molecular formula is C21H16BrN3O4. The molecule has 7 nitrogen and oxygen atoms in total. The molecule has 0 aliphatic heterocycles. The van der Waals surface area contributed by atoms with Crippen LogP contribution in [0, 0.1) is 0 Å². The number of carbonyl (C=O) groups is 2. The first kappa shape index (κ1) is 18.9. The second-order valence-corrected chi connectivity index (χ2v) is 7.21. The first-order valence-electron chi connectivity index (χ1n) is 8.72. The van der Waals surface area contributed by atoms with E-state index in [9.17, 15) is 9.59 Å². The van der Waals surface area contributed by atoms with Gasteiger partial charge in [-0.2, -0.15) is 5.10 Å². The molecule has 0 fully saturated rings. The van der Waals surface area contributed by atoms with E-state index in [1.807, 2.05) is 36.4 Å². The number of nitrogens with one attached hydrogen (secondary N) is 1. The lowest BCUT2D eigenvalue weighted by atomic mass is 10.2. The van der Waals surface area contributed by atoms with Gasteiger partial charge < -0.3 is 13.7 Å². The molecule has 146 valence electrons. The van der Waals surface area contributed by atoms with E-state index in [4.69, 9.17) is 9.15 Å². The van der Waals surface area contributed by atoms with Gasteiger partial charge in [-0.05, 0) is 30.3 Å². The number of carbonyl (C=O) groups excluding carboxylic acids is 2. The second kappa shape index (κ2) is 7.92. The molecule has 1 amide bonds. The van der Waals surface area contributed by atoms with Crippen LogP contribution in [0.5, 0.6) is 0 Å². The van der Waals surface area contributed by atoms with Gasteiger partial charge in [0.25, 0.3) is 0 Å². The average molecular weight is 454 g/mol. The van der Waals surface area contributed by atoms with E-state index in [1.165, 1.54) is 13.3 Å². The van der Waals surface area contributed by atoms with Crippen molar-refractivity contribution in [2.75, 3.05) is 7.11 Å². The first-order valence-corrected chi connectivity index (χ1v) is 9.51. The minimum absolute atomic E-state index is 0.0890. The average Bonchev–Trinajstić information content (AvgIpc) is 3.29. The van der Waals surface area contributed by atoms with Gasteiger partial charge in [0.2, 0.25) is 0 Å². The van der Waals surface area contributed by atoms with Gasteiger partial charge in [0, 0.05) is 32.5 Å². The van der Waals surface area contributed by atoms with Crippen LogP contribution in [0.1, 0.15) is 16.1 Å². The van der Waals surface area contributed by atoms with Crippen molar-refractivity contribution < 1.29 is 18.7 Å². The molecule has 2 aromatic heterocycles. The second-order valence-electron chi connectivity index (χ2n) is 6.30. The van der Waals surface area contributed by atoms with Crippen LogP contribution in [0.25, 0.3) is 21.9 Å². The lowest BCUT2D eigenvalue weighted by Gasteiger charge is -2.02. The summed E-state index contributed by atoms with van der Waals surface area (Å²) in [6.45, 7) is 0.0890. The SMILES string of the molecule is COC(=O)Cn1cc(/C=N/NC(=O)c2cc3cc(Br)ccc3o2)c2ccccc21. The Labute approximate surface area is 174 Å². The molecule has 0 aliphatic carbocycles. The Morgan fingerprint density at radius 1 is 1.24 bits per heavy atom. The zero-order chi connectivity index (χ0) is 20.4. The van der Waals surface area contributed by atoms with Crippen molar-refractivity contribution in [3.8, 4) is 0 Å². The fourth-order valence-electron chi connectivity index (χ4n) is 3.05. The number of rotatable bonds is 5. The molecule has 4 aromatic rings. The maximum absolute atomic E-state index is 12.3. The van der Waals surface area contributed by atoms with Gasteiger partial charge in [0.1, 0.15) is 12.1 Å². The topological polar surface area (TPSA) is 85.8 Å². The number of hydrogen-bond acceptors (Lipinski definition) is 5. The van der Waals surface area contributed by atoms with Gasteiger partial charge in [0.05, 0.1) is 13.3 Å². The molecule has 0 spiro atoms. The quantitative estimate of drug-likeness (QED) is 0.280. The number of fused-ring (bicyclic) bond motifs is 2. The highest BCUT2D eigenvalue weighted by atomic mass is 79.9. The number of nitrogens with zero attached hydrogens (tertiary/aromatic N) is 2. The highest BCUT2D eigenvalue weighted by molar-refractivity contribution is 9.10. The highest BCUT2D eigenvalue weighted by Crippen LogP contribution is 2.23. The Bertz CT molecular complexity index is 1260. The van der Waals surface area contributed by atoms with E-state index in [1.54, 1.807) is 22.9 Å². The molecule has 2 heterocycles. The van der Waals surface area contributed by atoms with Crippen molar-refractivity contribution in [2.24, 2.45) is 5.10 Å². The summed E-state index contributed by atoms with van der Waals surface area (Å²) < 4.78 is 13.0. The number of aromatic nitrogens is 1. The number of amides is 1. The summed E-state index contributed by atoms with van der Waals surface area (Å²) >= 11 is 3.39. The number of halogens is 1. The van der Waals surface area contributed by atoms with Crippen LogP contribution >= 0.6 is 15.9 Å². The molecule has 0 unspecified atom stereocenters. The number of para-hydroxylation sites is 1. The Kier molecular flexibility index (Phi) is 5.18. The highest BCUT2D eigenvalue weighted by Gasteiger charge is 2.13. The Hall–Kier alpha value is -3.39. The molecule has 0 aliphatic rings. The molecule has 8 heteroatoms. The molecule has 0 atom stereocenters. The molecule has 0 saturated carbocycles. The minimum atomic E-state index is -0.452. The number of hydrogen-bond donors (Lipinski definition) is 1. The number of methoxy groups -OCH3 is 1. The standard InChI is InChI=1S/C21H16BrN3O4/c1-28-20(26)12-25-11-14(16-4-2-3-5-17(16)25)10-23-24-21(27)19-9-13-8-15(22)6-7-18(13)29-19/h2-11H,12H2,1H3,(H,24,27)/b23-10+. The van der Waals surface area contributed by atoms with Gasteiger partial charge in [-0.15, -0.1) is 0 Å². The number of furan rings is 1. The third-order valence-electron chi connectivity index (χ3n) is 4.42. The van der Waals surface area contributed by atoms with E-state index in [-0.39, 0.29) is 18.3 Å². The number of hydrazone groups is 1. The normalized spacial score (nSPS) is 11.4. The Morgan fingerprint density at radius 3 is 2.90 bits per heavy atom. The monoisotopic (exact) mass is 453 g/mol. The van der Waals surface area contributed by atoms with Crippen LogP contribution in [0.15, 0.2) is 68.7 Å². The van der Waals surface area contributed by atoms with E-state index in [0.717, 1.165) is 26.3 Å². The van der Waals surface area contributed by atoms with E-state index >= 15 is 0 Å². The summed E-state index contributed by atoms with van der Waals surface area (Å²) in [6.07, 6.45) is 3.32. The molecular weight excluding hydrogens is 438 g/mol. The van der Waals surface area contributed by atoms with Crippen LogP contribution in [0.4, 0.5) is 0 Å². The summed E-state index contributed by atoms with van der Waals surface area (Å²) in [7, 11) is 1.35. The summed E-state index contributed by atoms with van der Waals surface area (Å²) in [5, 5.41) is 5.77. The van der Waals surface area contributed by atoms with Crippen molar-refractivity contribution in [1.29, 1.82) is 0 Å². The van der Waals surface area contributed by atoms with Crippen molar-refractivity contribution in [1.82, 2.24) is 9.99 Å². The molecule has 1 N–H and O–H groups in total. The van der Waals surface area contributed by atoms with Crippen LogP contribution in [-0.2, 0) is 16.1 Å².